The van der Waals surface area contributed by atoms with Crippen LogP contribution in [0.4, 0.5) is 0 Å². The van der Waals surface area contributed by atoms with Crippen molar-refractivity contribution in [2.75, 3.05) is 7.11 Å². The highest BCUT2D eigenvalue weighted by Crippen LogP contribution is 2.58. The topological polar surface area (TPSA) is 9.23 Å². The van der Waals surface area contributed by atoms with E-state index in [0.717, 1.165) is 6.16 Å². The molecule has 0 fully saturated rings. The molecule has 0 heterocycles. The van der Waals surface area contributed by atoms with Crippen molar-refractivity contribution in [2.45, 2.75) is 19.7 Å². The van der Waals surface area contributed by atoms with Crippen molar-refractivity contribution in [1.29, 1.82) is 0 Å². The second-order valence-corrected chi connectivity index (χ2v) is 11.1. The summed E-state index contributed by atoms with van der Waals surface area (Å²) in [6.45, 7) is 2.88. The Labute approximate surface area is 197 Å². The summed E-state index contributed by atoms with van der Waals surface area (Å²) in [4.78, 5) is 0. The molecule has 3 heteroatoms. The first kappa shape index (κ1) is 23.4. The van der Waals surface area contributed by atoms with Crippen LogP contribution < -0.4 is 15.9 Å². The average molecular weight is 492 g/mol. The zero-order valence-corrected chi connectivity index (χ0v) is 20.7. The summed E-state index contributed by atoms with van der Waals surface area (Å²) in [5.41, 5.74) is 4.00. The molecule has 0 aliphatic heterocycles. The van der Waals surface area contributed by atoms with Crippen LogP contribution >= 0.6 is 24.2 Å². The maximum Gasteiger partial charge on any atom is 0.116 e. The molecule has 0 unspecified atom stereocenters. The molecule has 0 atom stereocenters. The van der Waals surface area contributed by atoms with E-state index in [0.29, 0.717) is 6.61 Å². The van der Waals surface area contributed by atoms with Crippen LogP contribution in [0.2, 0.25) is 0 Å². The Bertz CT molecular complexity index is 985. The van der Waals surface area contributed by atoms with E-state index in [1.165, 1.54) is 32.6 Å². The van der Waals surface area contributed by atoms with Gasteiger partial charge in [-0.2, -0.15) is 0 Å². The lowest BCUT2D eigenvalue weighted by Crippen LogP contribution is -2.32. The number of halogens is 1. The molecule has 4 rings (SSSR count). The third-order valence-corrected chi connectivity index (χ3v) is 10.2. The summed E-state index contributed by atoms with van der Waals surface area (Å²) < 4.78 is 5.46. The number of benzene rings is 4. The summed E-state index contributed by atoms with van der Waals surface area (Å²) in [5, 5.41) is 4.25. The van der Waals surface area contributed by atoms with Gasteiger partial charge in [0.05, 0.1) is 12.8 Å². The molecule has 158 valence electrons. The summed E-state index contributed by atoms with van der Waals surface area (Å²) in [5.74, 6) is 0. The molecule has 0 aliphatic carbocycles. The van der Waals surface area contributed by atoms with E-state index >= 15 is 0 Å². The molecule has 0 aromatic heterocycles. The molecule has 0 amide bonds. The quantitative estimate of drug-likeness (QED) is 0.279. The van der Waals surface area contributed by atoms with Gasteiger partial charge in [0.2, 0.25) is 0 Å². The maximum atomic E-state index is 5.46. The van der Waals surface area contributed by atoms with Crippen LogP contribution in [0.3, 0.4) is 0 Å². The monoisotopic (exact) mass is 491 g/mol. The van der Waals surface area contributed by atoms with Crippen molar-refractivity contribution in [3.63, 3.8) is 0 Å². The predicted octanol–water partition coefficient (Wildman–Crippen LogP) is 6.21. The number of ether oxygens (including phenoxy) is 1. The Morgan fingerprint density at radius 3 is 1.42 bits per heavy atom. The van der Waals surface area contributed by atoms with Gasteiger partial charge in [0, 0.05) is 7.11 Å². The van der Waals surface area contributed by atoms with Crippen molar-refractivity contribution >= 4 is 40.2 Å². The second kappa shape index (κ2) is 10.9. The minimum Gasteiger partial charge on any atom is -0.380 e. The fourth-order valence-corrected chi connectivity index (χ4v) is 8.58. The van der Waals surface area contributed by atoms with E-state index < -0.39 is 7.26 Å². The number of rotatable bonds is 7. The SMILES string of the molecule is Br.COCc1cccc(C[P+](c2ccccc2)(c2ccccc2)c2ccccc2)c1C. The Morgan fingerprint density at radius 1 is 0.581 bits per heavy atom. The average Bonchev–Trinajstić information content (AvgIpc) is 2.82. The van der Waals surface area contributed by atoms with E-state index in [-0.39, 0.29) is 17.0 Å². The van der Waals surface area contributed by atoms with Gasteiger partial charge in [-0.3, -0.25) is 0 Å². The Balaban J connectivity index is 0.00000272. The zero-order valence-electron chi connectivity index (χ0n) is 18.1. The van der Waals surface area contributed by atoms with Crippen molar-refractivity contribution in [2.24, 2.45) is 0 Å². The van der Waals surface area contributed by atoms with Gasteiger partial charge in [0.15, 0.2) is 0 Å². The first-order chi connectivity index (χ1) is 14.8. The molecule has 4 aromatic carbocycles. The van der Waals surface area contributed by atoms with Crippen molar-refractivity contribution in [3.8, 4) is 0 Å². The van der Waals surface area contributed by atoms with Crippen LogP contribution in [0.15, 0.2) is 109 Å². The lowest BCUT2D eigenvalue weighted by atomic mass is 10.0. The first-order valence-corrected chi connectivity index (χ1v) is 12.3. The van der Waals surface area contributed by atoms with Gasteiger partial charge in [-0.15, -0.1) is 17.0 Å². The van der Waals surface area contributed by atoms with Crippen LogP contribution in [0.25, 0.3) is 0 Å². The smallest absolute Gasteiger partial charge is 0.116 e. The summed E-state index contributed by atoms with van der Waals surface area (Å²) >= 11 is 0. The molecule has 0 aliphatic rings. The third kappa shape index (κ3) is 4.83. The molecule has 4 aromatic rings. The van der Waals surface area contributed by atoms with Crippen LogP contribution in [0.5, 0.6) is 0 Å². The largest absolute Gasteiger partial charge is 0.380 e. The number of hydrogen-bond donors (Lipinski definition) is 0. The van der Waals surface area contributed by atoms with Gasteiger partial charge < -0.3 is 4.74 Å². The minimum atomic E-state index is -1.88. The molecule has 0 saturated heterocycles. The lowest BCUT2D eigenvalue weighted by molar-refractivity contribution is 0.184. The van der Waals surface area contributed by atoms with Crippen LogP contribution in [-0.4, -0.2) is 7.11 Å². The van der Waals surface area contributed by atoms with Gasteiger partial charge >= 0.3 is 0 Å². The van der Waals surface area contributed by atoms with Crippen molar-refractivity contribution in [1.82, 2.24) is 0 Å². The summed E-state index contributed by atoms with van der Waals surface area (Å²) in [6, 6.07) is 39.8. The fourth-order valence-electron chi connectivity index (χ4n) is 4.24. The molecular weight excluding hydrogens is 463 g/mol. The highest BCUT2D eigenvalue weighted by Gasteiger charge is 2.45. The second-order valence-electron chi connectivity index (χ2n) is 7.61. The van der Waals surface area contributed by atoms with Crippen molar-refractivity contribution in [3.05, 3.63) is 126 Å². The summed E-state index contributed by atoms with van der Waals surface area (Å²) in [7, 11) is -0.117. The Morgan fingerprint density at radius 2 is 1.00 bits per heavy atom. The van der Waals surface area contributed by atoms with E-state index in [1.807, 2.05) is 0 Å². The normalized spacial score (nSPS) is 11.0. The van der Waals surface area contributed by atoms with Crippen LogP contribution in [0.1, 0.15) is 16.7 Å². The lowest BCUT2D eigenvalue weighted by Gasteiger charge is -2.28. The highest BCUT2D eigenvalue weighted by molar-refractivity contribution is 8.93. The van der Waals surface area contributed by atoms with Gasteiger partial charge in [-0.25, -0.2) is 0 Å². The zero-order chi connectivity index (χ0) is 20.8. The van der Waals surface area contributed by atoms with Gasteiger partial charge in [-0.1, -0.05) is 72.8 Å². The molecule has 0 N–H and O–H groups in total. The van der Waals surface area contributed by atoms with E-state index in [1.54, 1.807) is 7.11 Å². The number of methoxy groups -OCH3 is 1. The van der Waals surface area contributed by atoms with Crippen LogP contribution in [0, 0.1) is 6.92 Å². The minimum absolute atomic E-state index is 0. The maximum absolute atomic E-state index is 5.46. The van der Waals surface area contributed by atoms with E-state index in [4.69, 9.17) is 4.74 Å². The van der Waals surface area contributed by atoms with Gasteiger partial charge in [0.1, 0.15) is 23.2 Å². The molecular formula is C28H29BrOP+. The first-order valence-electron chi connectivity index (χ1n) is 10.4. The molecule has 1 nitrogen and oxygen atoms in total. The van der Waals surface area contributed by atoms with Crippen molar-refractivity contribution < 1.29 is 4.74 Å². The van der Waals surface area contributed by atoms with E-state index in [9.17, 15) is 0 Å². The van der Waals surface area contributed by atoms with E-state index in [2.05, 4.69) is 116 Å². The van der Waals surface area contributed by atoms with Gasteiger partial charge in [-0.05, 0) is 60.0 Å². The highest BCUT2D eigenvalue weighted by atomic mass is 79.9. The van der Waals surface area contributed by atoms with Crippen LogP contribution in [-0.2, 0) is 17.5 Å². The molecule has 0 spiro atoms. The molecule has 31 heavy (non-hydrogen) atoms. The Kier molecular flexibility index (Phi) is 8.21. The molecule has 0 bridgehead atoms. The van der Waals surface area contributed by atoms with Gasteiger partial charge in [0.25, 0.3) is 0 Å². The third-order valence-electron chi connectivity index (χ3n) is 5.86. The summed E-state index contributed by atoms with van der Waals surface area (Å²) in [6.07, 6.45) is 0.994. The molecule has 0 radical (unpaired) electrons. The predicted molar refractivity (Wildman–Crippen MR) is 141 cm³/mol. The standard InChI is InChI=1S/C28H28OP.BrH/c1-23-24(21-29-2)13-12-14-25(23)22-30(26-15-6-3-7-16-26,27-17-8-4-9-18-27)28-19-10-5-11-20-28;/h3-20H,21-22H2,1-2H3;1H/q+1;. The Hall–Kier alpha value is -2.25. The fraction of sp³-hybridized carbons (Fsp3) is 0.143. The number of hydrogen-bond acceptors (Lipinski definition) is 1. The molecule has 0 saturated carbocycles.